The lowest BCUT2D eigenvalue weighted by Crippen LogP contribution is -2.28. The van der Waals surface area contributed by atoms with Crippen LogP contribution < -0.4 is 14.8 Å². The van der Waals surface area contributed by atoms with Crippen molar-refractivity contribution in [3.05, 3.63) is 53.9 Å². The lowest BCUT2D eigenvalue weighted by atomic mass is 10.3. The normalized spacial score (nSPS) is 10.0. The molecular weight excluding hydrogens is 268 g/mol. The predicted molar refractivity (Wildman–Crippen MR) is 79.3 cm³/mol. The third-order valence-corrected chi connectivity index (χ3v) is 2.84. The Morgan fingerprint density at radius 3 is 2.62 bits per heavy atom. The Balaban J connectivity index is 1.82. The minimum atomic E-state index is -0.204. The second-order valence-corrected chi connectivity index (χ2v) is 4.49. The van der Waals surface area contributed by atoms with Gasteiger partial charge in [-0.2, -0.15) is 0 Å². The van der Waals surface area contributed by atoms with Crippen LogP contribution in [-0.2, 0) is 11.3 Å². The van der Waals surface area contributed by atoms with Crippen LogP contribution in [0.4, 0.5) is 0 Å². The number of pyridine rings is 1. The largest absolute Gasteiger partial charge is 0.493 e. The van der Waals surface area contributed by atoms with Gasteiger partial charge in [0.25, 0.3) is 5.91 Å². The third kappa shape index (κ3) is 4.49. The number of hydrogen-bond donors (Lipinski definition) is 1. The molecule has 0 aliphatic heterocycles. The average Bonchev–Trinajstić information content (AvgIpc) is 2.51. The fourth-order valence-electron chi connectivity index (χ4n) is 1.82. The van der Waals surface area contributed by atoms with E-state index in [2.05, 4.69) is 10.3 Å². The summed E-state index contributed by atoms with van der Waals surface area (Å²) >= 11 is 0. The number of nitrogens with one attached hydrogen (secondary N) is 1. The molecule has 1 aromatic heterocycles. The van der Waals surface area contributed by atoms with Crippen molar-refractivity contribution in [2.24, 2.45) is 0 Å². The Hall–Kier alpha value is -2.56. The molecule has 0 aliphatic carbocycles. The summed E-state index contributed by atoms with van der Waals surface area (Å²) in [6, 6.07) is 12.9. The topological polar surface area (TPSA) is 60.5 Å². The third-order valence-electron chi connectivity index (χ3n) is 2.84. The number of aromatic nitrogens is 1. The lowest BCUT2D eigenvalue weighted by Gasteiger charge is -2.10. The molecule has 0 saturated carbocycles. The molecule has 0 bridgehead atoms. The zero-order chi connectivity index (χ0) is 15.1. The second kappa shape index (κ2) is 7.28. The number of rotatable bonds is 6. The summed E-state index contributed by atoms with van der Waals surface area (Å²) in [7, 11) is 1.56. The van der Waals surface area contributed by atoms with E-state index in [0.717, 1.165) is 11.4 Å². The van der Waals surface area contributed by atoms with Gasteiger partial charge in [0.1, 0.15) is 0 Å². The quantitative estimate of drug-likeness (QED) is 0.883. The minimum Gasteiger partial charge on any atom is -0.493 e. The molecule has 0 fully saturated rings. The van der Waals surface area contributed by atoms with Crippen LogP contribution in [0.25, 0.3) is 0 Å². The summed E-state index contributed by atoms with van der Waals surface area (Å²) in [5.74, 6) is 0.943. The van der Waals surface area contributed by atoms with Crippen LogP contribution in [0.5, 0.6) is 11.5 Å². The zero-order valence-corrected chi connectivity index (χ0v) is 12.1. The molecule has 0 aliphatic rings. The molecule has 2 rings (SSSR count). The number of amides is 1. The van der Waals surface area contributed by atoms with Gasteiger partial charge in [-0.15, -0.1) is 0 Å². The van der Waals surface area contributed by atoms with Crippen LogP contribution in [0.3, 0.4) is 0 Å². The van der Waals surface area contributed by atoms with Crippen molar-refractivity contribution in [2.45, 2.75) is 13.5 Å². The minimum absolute atomic E-state index is 0.0633. The van der Waals surface area contributed by atoms with Crippen molar-refractivity contribution >= 4 is 5.91 Å². The molecule has 5 heteroatoms. The number of methoxy groups -OCH3 is 1. The number of carbonyl (C=O) groups excluding carboxylic acids is 1. The van der Waals surface area contributed by atoms with Crippen LogP contribution in [-0.4, -0.2) is 24.6 Å². The summed E-state index contributed by atoms with van der Waals surface area (Å²) in [6.45, 7) is 2.23. The van der Waals surface area contributed by atoms with E-state index in [1.165, 1.54) is 0 Å². The number of carbonyl (C=O) groups is 1. The SMILES string of the molecule is COc1ccccc1OCC(=O)NCc1cccc(C)n1. The van der Waals surface area contributed by atoms with E-state index < -0.39 is 0 Å². The van der Waals surface area contributed by atoms with Gasteiger partial charge >= 0.3 is 0 Å². The van der Waals surface area contributed by atoms with Crippen molar-refractivity contribution in [2.75, 3.05) is 13.7 Å². The molecule has 0 atom stereocenters. The van der Waals surface area contributed by atoms with Gasteiger partial charge in [-0.25, -0.2) is 0 Å². The maximum Gasteiger partial charge on any atom is 0.258 e. The highest BCUT2D eigenvalue weighted by atomic mass is 16.5. The molecular formula is C16H18N2O3. The molecule has 0 saturated heterocycles. The first-order chi connectivity index (χ1) is 10.2. The van der Waals surface area contributed by atoms with E-state index >= 15 is 0 Å². The van der Waals surface area contributed by atoms with Crippen LogP contribution >= 0.6 is 0 Å². The molecule has 0 spiro atoms. The number of para-hydroxylation sites is 2. The van der Waals surface area contributed by atoms with Crippen molar-refractivity contribution in [1.82, 2.24) is 10.3 Å². The van der Waals surface area contributed by atoms with Gasteiger partial charge in [0, 0.05) is 5.69 Å². The first kappa shape index (κ1) is 14.8. The van der Waals surface area contributed by atoms with Crippen LogP contribution in [0, 0.1) is 6.92 Å². The summed E-state index contributed by atoms with van der Waals surface area (Å²) in [4.78, 5) is 16.1. The molecule has 1 N–H and O–H groups in total. The van der Waals surface area contributed by atoms with Gasteiger partial charge in [0.05, 0.1) is 19.3 Å². The summed E-state index contributed by atoms with van der Waals surface area (Å²) in [5.41, 5.74) is 1.74. The standard InChI is InChI=1S/C16H18N2O3/c1-12-6-5-7-13(18-12)10-17-16(19)11-21-15-9-4-3-8-14(15)20-2/h3-9H,10-11H2,1-2H3,(H,17,19). The van der Waals surface area contributed by atoms with Gasteiger partial charge in [0.2, 0.25) is 0 Å². The van der Waals surface area contributed by atoms with Gasteiger partial charge in [-0.1, -0.05) is 18.2 Å². The summed E-state index contributed by atoms with van der Waals surface area (Å²) in [6.07, 6.45) is 0. The average molecular weight is 286 g/mol. The number of ether oxygens (including phenoxy) is 2. The fourth-order valence-corrected chi connectivity index (χ4v) is 1.82. The van der Waals surface area contributed by atoms with E-state index in [1.807, 2.05) is 37.3 Å². The summed E-state index contributed by atoms with van der Waals surface area (Å²) < 4.78 is 10.6. The van der Waals surface area contributed by atoms with Gasteiger partial charge < -0.3 is 14.8 Å². The van der Waals surface area contributed by atoms with E-state index in [9.17, 15) is 4.79 Å². The van der Waals surface area contributed by atoms with Gasteiger partial charge in [-0.3, -0.25) is 9.78 Å². The molecule has 0 radical (unpaired) electrons. The Kier molecular flexibility index (Phi) is 5.15. The van der Waals surface area contributed by atoms with Crippen molar-refractivity contribution in [1.29, 1.82) is 0 Å². The van der Waals surface area contributed by atoms with E-state index in [4.69, 9.17) is 9.47 Å². The van der Waals surface area contributed by atoms with Crippen molar-refractivity contribution in [3.63, 3.8) is 0 Å². The molecule has 2 aromatic rings. The van der Waals surface area contributed by atoms with Crippen LogP contribution in [0.15, 0.2) is 42.5 Å². The Bertz CT molecular complexity index is 614. The highest BCUT2D eigenvalue weighted by molar-refractivity contribution is 5.77. The van der Waals surface area contributed by atoms with Gasteiger partial charge in [0.15, 0.2) is 18.1 Å². The maximum atomic E-state index is 11.8. The van der Waals surface area contributed by atoms with Crippen molar-refractivity contribution in [3.8, 4) is 11.5 Å². The van der Waals surface area contributed by atoms with E-state index in [-0.39, 0.29) is 12.5 Å². The number of nitrogens with zero attached hydrogens (tertiary/aromatic N) is 1. The van der Waals surface area contributed by atoms with Crippen LogP contribution in [0.2, 0.25) is 0 Å². The number of aryl methyl sites for hydroxylation is 1. The predicted octanol–water partition coefficient (Wildman–Crippen LogP) is 2.09. The molecule has 1 aromatic carbocycles. The summed E-state index contributed by atoms with van der Waals surface area (Å²) in [5, 5.41) is 2.77. The lowest BCUT2D eigenvalue weighted by molar-refractivity contribution is -0.123. The highest BCUT2D eigenvalue weighted by Gasteiger charge is 2.07. The highest BCUT2D eigenvalue weighted by Crippen LogP contribution is 2.25. The first-order valence-corrected chi connectivity index (χ1v) is 6.64. The smallest absolute Gasteiger partial charge is 0.258 e. The molecule has 1 heterocycles. The molecule has 21 heavy (non-hydrogen) atoms. The molecule has 0 unspecified atom stereocenters. The first-order valence-electron chi connectivity index (χ1n) is 6.64. The zero-order valence-electron chi connectivity index (χ0n) is 12.1. The maximum absolute atomic E-state index is 11.8. The second-order valence-electron chi connectivity index (χ2n) is 4.49. The van der Waals surface area contributed by atoms with Crippen molar-refractivity contribution < 1.29 is 14.3 Å². The molecule has 110 valence electrons. The fraction of sp³-hybridized carbons (Fsp3) is 0.250. The number of hydrogen-bond acceptors (Lipinski definition) is 4. The van der Waals surface area contributed by atoms with Crippen LogP contribution in [0.1, 0.15) is 11.4 Å². The number of benzene rings is 1. The monoisotopic (exact) mass is 286 g/mol. The van der Waals surface area contributed by atoms with E-state index in [1.54, 1.807) is 19.2 Å². The van der Waals surface area contributed by atoms with Gasteiger partial charge in [-0.05, 0) is 31.2 Å². The Morgan fingerprint density at radius 2 is 1.90 bits per heavy atom. The Morgan fingerprint density at radius 1 is 1.14 bits per heavy atom. The molecule has 1 amide bonds. The van der Waals surface area contributed by atoms with E-state index in [0.29, 0.717) is 18.0 Å². The molecule has 5 nitrogen and oxygen atoms in total. The Labute approximate surface area is 123 Å².